The van der Waals surface area contributed by atoms with Crippen LogP contribution in [-0.4, -0.2) is 46.5 Å². The lowest BCUT2D eigenvalue weighted by Gasteiger charge is -2.25. The van der Waals surface area contributed by atoms with Crippen LogP contribution < -0.4 is 10.1 Å². The molecule has 8 heteroatoms. The van der Waals surface area contributed by atoms with E-state index in [0.717, 1.165) is 11.3 Å². The number of hydrogen-bond acceptors (Lipinski definition) is 4. The number of rotatable bonds is 10. The molecule has 0 saturated carbocycles. The van der Waals surface area contributed by atoms with Crippen molar-refractivity contribution < 1.29 is 18.7 Å². The van der Waals surface area contributed by atoms with Gasteiger partial charge in [0.2, 0.25) is 17.8 Å². The third-order valence-corrected chi connectivity index (χ3v) is 5.30. The number of benzene rings is 2. The van der Waals surface area contributed by atoms with Crippen molar-refractivity contribution in [1.29, 1.82) is 0 Å². The number of aromatic nitrogens is 2. The van der Waals surface area contributed by atoms with Crippen LogP contribution in [0.5, 0.6) is 5.75 Å². The van der Waals surface area contributed by atoms with Crippen LogP contribution in [0, 0.1) is 17.7 Å². The summed E-state index contributed by atoms with van der Waals surface area (Å²) in [5.74, 6) is 0.668. The van der Waals surface area contributed by atoms with E-state index < -0.39 is 0 Å². The number of imidazole rings is 1. The second kappa shape index (κ2) is 11.6. The van der Waals surface area contributed by atoms with Crippen molar-refractivity contribution in [2.45, 2.75) is 34.1 Å². The maximum absolute atomic E-state index is 13.5. The van der Waals surface area contributed by atoms with Gasteiger partial charge in [0.1, 0.15) is 11.6 Å². The molecule has 7 nitrogen and oxygen atoms in total. The second-order valence-corrected chi connectivity index (χ2v) is 9.34. The van der Waals surface area contributed by atoms with E-state index in [2.05, 4.69) is 10.3 Å². The third-order valence-electron chi connectivity index (χ3n) is 5.30. The summed E-state index contributed by atoms with van der Waals surface area (Å²) in [5.41, 5.74) is 2.10. The molecule has 1 N–H and O–H groups in total. The average molecular weight is 481 g/mol. The first-order valence-corrected chi connectivity index (χ1v) is 11.7. The van der Waals surface area contributed by atoms with E-state index in [9.17, 15) is 14.0 Å². The number of carbonyl (C=O) groups excluding carboxylic acids is 2. The smallest absolute Gasteiger partial charge is 0.246 e. The van der Waals surface area contributed by atoms with Gasteiger partial charge in [-0.25, -0.2) is 9.37 Å². The zero-order valence-corrected chi connectivity index (χ0v) is 20.9. The minimum atomic E-state index is -0.358. The van der Waals surface area contributed by atoms with Crippen molar-refractivity contribution in [3.05, 3.63) is 60.5 Å². The van der Waals surface area contributed by atoms with Crippen molar-refractivity contribution in [2.75, 3.05) is 25.5 Å². The van der Waals surface area contributed by atoms with Crippen LogP contribution in [0.3, 0.4) is 0 Å². The van der Waals surface area contributed by atoms with E-state index >= 15 is 0 Å². The first-order chi connectivity index (χ1) is 16.7. The Kier molecular flexibility index (Phi) is 8.63. The van der Waals surface area contributed by atoms with Gasteiger partial charge in [-0.3, -0.25) is 19.5 Å². The lowest BCUT2D eigenvalue weighted by atomic mass is 10.1. The number of hydrogen-bond donors (Lipinski definition) is 1. The third kappa shape index (κ3) is 7.15. The highest BCUT2D eigenvalue weighted by atomic mass is 19.1. The molecule has 0 spiro atoms. The number of ether oxygens (including phenoxy) is 1. The van der Waals surface area contributed by atoms with E-state index in [1.165, 1.54) is 12.1 Å². The fraction of sp³-hybridized carbons (Fsp3) is 0.370. The molecule has 0 aliphatic heterocycles. The summed E-state index contributed by atoms with van der Waals surface area (Å²) in [7, 11) is 1.60. The molecule has 0 atom stereocenters. The highest BCUT2D eigenvalue weighted by Crippen LogP contribution is 2.26. The Morgan fingerprint density at radius 1 is 1.03 bits per heavy atom. The summed E-state index contributed by atoms with van der Waals surface area (Å²) in [5, 5.41) is 2.85. The topological polar surface area (TPSA) is 76.5 Å². The zero-order chi connectivity index (χ0) is 25.5. The first kappa shape index (κ1) is 25.9. The summed E-state index contributed by atoms with van der Waals surface area (Å²) in [6, 6.07) is 13.3. The highest BCUT2D eigenvalue weighted by molar-refractivity contribution is 5.94. The normalized spacial score (nSPS) is 11.1. The van der Waals surface area contributed by atoms with Crippen LogP contribution in [0.25, 0.3) is 16.9 Å². The molecule has 35 heavy (non-hydrogen) atoms. The molecule has 186 valence electrons. The van der Waals surface area contributed by atoms with E-state index in [-0.39, 0.29) is 42.0 Å². The molecule has 2 aromatic carbocycles. The van der Waals surface area contributed by atoms with Crippen LogP contribution in [0.1, 0.15) is 34.1 Å². The molecule has 0 aliphatic carbocycles. The van der Waals surface area contributed by atoms with Gasteiger partial charge >= 0.3 is 0 Å². The maximum atomic E-state index is 13.5. The minimum Gasteiger partial charge on any atom is -0.497 e. The van der Waals surface area contributed by atoms with Crippen molar-refractivity contribution in [3.63, 3.8) is 0 Å². The first-order valence-electron chi connectivity index (χ1n) is 11.7. The molecule has 3 rings (SSSR count). The highest BCUT2D eigenvalue weighted by Gasteiger charge is 2.21. The fourth-order valence-electron chi connectivity index (χ4n) is 3.68. The number of anilines is 1. The molecule has 0 fully saturated rings. The van der Waals surface area contributed by atoms with Gasteiger partial charge in [-0.15, -0.1) is 0 Å². The lowest BCUT2D eigenvalue weighted by molar-refractivity contribution is -0.135. The molecular formula is C27H33FN4O3. The fourth-order valence-corrected chi connectivity index (χ4v) is 3.68. The maximum Gasteiger partial charge on any atom is 0.246 e. The standard InChI is InChI=1S/C27H33FN4O3/c1-18(2)14-26(34)31(15-19(3)4)17-25(33)30-27-29-24(20-6-12-23(35-5)13-7-20)16-32(27)22-10-8-21(28)9-11-22/h6-13,16,18-19H,14-15,17H2,1-5H3,(H,29,30,33). The number of nitrogens with zero attached hydrogens (tertiary/aromatic N) is 3. The van der Waals surface area contributed by atoms with Crippen molar-refractivity contribution in [1.82, 2.24) is 14.5 Å². The summed E-state index contributed by atoms with van der Waals surface area (Å²) in [6.45, 7) is 8.39. The van der Waals surface area contributed by atoms with E-state index in [0.29, 0.717) is 24.3 Å². The quantitative estimate of drug-likeness (QED) is 0.435. The van der Waals surface area contributed by atoms with Gasteiger partial charge in [-0.2, -0.15) is 0 Å². The number of carbonyl (C=O) groups is 2. The van der Waals surface area contributed by atoms with Crippen LogP contribution >= 0.6 is 0 Å². The monoisotopic (exact) mass is 480 g/mol. The zero-order valence-electron chi connectivity index (χ0n) is 20.9. The van der Waals surface area contributed by atoms with Gasteiger partial charge in [0.25, 0.3) is 0 Å². The van der Waals surface area contributed by atoms with Crippen molar-refractivity contribution >= 4 is 17.8 Å². The van der Waals surface area contributed by atoms with Gasteiger partial charge in [0.15, 0.2) is 0 Å². The molecule has 1 aromatic heterocycles. The molecular weight excluding hydrogens is 447 g/mol. The number of halogens is 1. The minimum absolute atomic E-state index is 0.0513. The van der Waals surface area contributed by atoms with Gasteiger partial charge in [0, 0.05) is 30.4 Å². The molecule has 0 aliphatic rings. The van der Waals surface area contributed by atoms with E-state index in [1.807, 2.05) is 52.0 Å². The predicted molar refractivity (Wildman–Crippen MR) is 135 cm³/mol. The lowest BCUT2D eigenvalue weighted by Crippen LogP contribution is -2.40. The van der Waals surface area contributed by atoms with Crippen LogP contribution in [0.2, 0.25) is 0 Å². The Balaban J connectivity index is 1.89. The van der Waals surface area contributed by atoms with Crippen molar-refractivity contribution in [2.24, 2.45) is 11.8 Å². The number of methoxy groups -OCH3 is 1. The molecule has 0 unspecified atom stereocenters. The Morgan fingerprint density at radius 3 is 2.26 bits per heavy atom. The van der Waals surface area contributed by atoms with Gasteiger partial charge in [-0.1, -0.05) is 27.7 Å². The van der Waals surface area contributed by atoms with E-state index in [4.69, 9.17) is 4.74 Å². The van der Waals surface area contributed by atoms with Gasteiger partial charge < -0.3 is 9.64 Å². The molecule has 2 amide bonds. The molecule has 1 heterocycles. The largest absolute Gasteiger partial charge is 0.497 e. The summed E-state index contributed by atoms with van der Waals surface area (Å²) in [4.78, 5) is 32.0. The van der Waals surface area contributed by atoms with Gasteiger partial charge in [0.05, 0.1) is 19.3 Å². The van der Waals surface area contributed by atoms with Crippen LogP contribution in [-0.2, 0) is 9.59 Å². The predicted octanol–water partition coefficient (Wildman–Crippen LogP) is 5.16. The Labute approximate surface area is 205 Å². The molecule has 0 saturated heterocycles. The summed E-state index contributed by atoms with van der Waals surface area (Å²) >= 11 is 0. The van der Waals surface area contributed by atoms with Crippen LogP contribution in [0.4, 0.5) is 10.3 Å². The van der Waals surface area contributed by atoms with Gasteiger partial charge in [-0.05, 0) is 60.4 Å². The van der Waals surface area contributed by atoms with Crippen molar-refractivity contribution in [3.8, 4) is 22.7 Å². The van der Waals surface area contributed by atoms with E-state index in [1.54, 1.807) is 34.9 Å². The SMILES string of the molecule is COc1ccc(-c2cn(-c3ccc(F)cc3)c(NC(=O)CN(CC(C)C)C(=O)CC(C)C)n2)cc1. The molecule has 0 bridgehead atoms. The Morgan fingerprint density at radius 2 is 1.69 bits per heavy atom. The molecule has 0 radical (unpaired) electrons. The second-order valence-electron chi connectivity index (χ2n) is 9.34. The summed E-state index contributed by atoms with van der Waals surface area (Å²) in [6.07, 6.45) is 2.16. The van der Waals surface area contributed by atoms with Crippen LogP contribution in [0.15, 0.2) is 54.7 Å². The number of amides is 2. The molecule has 3 aromatic rings. The average Bonchev–Trinajstić information content (AvgIpc) is 3.22. The Hall–Kier alpha value is -3.68. The summed E-state index contributed by atoms with van der Waals surface area (Å²) < 4.78 is 20.4. The Bertz CT molecular complexity index is 1140. The number of nitrogens with one attached hydrogen (secondary N) is 1.